The Morgan fingerprint density at radius 1 is 1.14 bits per heavy atom. The Morgan fingerprint density at radius 3 is 2.33 bits per heavy atom. The minimum Gasteiger partial charge on any atom is -0.382 e. The van der Waals surface area contributed by atoms with E-state index in [1.165, 1.54) is 26.3 Å². The van der Waals surface area contributed by atoms with Crippen molar-refractivity contribution in [1.29, 1.82) is 0 Å². The smallest absolute Gasteiger partial charge is 0.240 e. The quantitative estimate of drug-likeness (QED) is 0.898. The van der Waals surface area contributed by atoms with Crippen molar-refractivity contribution in [3.8, 4) is 0 Å². The Morgan fingerprint density at radius 2 is 1.76 bits per heavy atom. The Kier molecular flexibility index (Phi) is 4.94. The minimum absolute atomic E-state index is 0.353. The van der Waals surface area contributed by atoms with E-state index >= 15 is 0 Å². The second-order valence-corrected chi connectivity index (χ2v) is 8.10. The minimum atomic E-state index is -3.41. The van der Waals surface area contributed by atoms with Crippen LogP contribution in [0.3, 0.4) is 0 Å². The summed E-state index contributed by atoms with van der Waals surface area (Å²) in [6.45, 7) is 6.36. The van der Waals surface area contributed by atoms with E-state index in [9.17, 15) is 8.42 Å². The van der Waals surface area contributed by atoms with E-state index in [0.29, 0.717) is 22.8 Å². The standard InChI is InChI=1S/C16H26N2O2S/c1-11-8-9-14(10-15(11)21(19,20)17-4)18-16-12(2)6-5-7-13(16)3/h8-10,12-13,16-18H,5-7H2,1-4H3. The predicted octanol–water partition coefficient (Wildman–Crippen LogP) is 3.14. The van der Waals surface area contributed by atoms with Crippen molar-refractivity contribution in [2.24, 2.45) is 11.8 Å². The van der Waals surface area contributed by atoms with E-state index in [-0.39, 0.29) is 0 Å². The first-order valence-electron chi connectivity index (χ1n) is 7.66. The number of benzene rings is 1. The van der Waals surface area contributed by atoms with Gasteiger partial charge in [0.15, 0.2) is 0 Å². The summed E-state index contributed by atoms with van der Waals surface area (Å²) in [6.07, 6.45) is 3.75. The number of hydrogen-bond donors (Lipinski definition) is 2. The molecule has 2 rings (SSSR count). The van der Waals surface area contributed by atoms with Gasteiger partial charge in [-0.25, -0.2) is 13.1 Å². The van der Waals surface area contributed by atoms with Crippen molar-refractivity contribution in [3.05, 3.63) is 23.8 Å². The van der Waals surface area contributed by atoms with Crippen LogP contribution in [0.2, 0.25) is 0 Å². The van der Waals surface area contributed by atoms with Gasteiger partial charge in [0.2, 0.25) is 10.0 Å². The molecule has 0 spiro atoms. The molecule has 1 saturated carbocycles. The highest BCUT2D eigenvalue weighted by Crippen LogP contribution is 2.32. The first-order valence-corrected chi connectivity index (χ1v) is 9.14. The van der Waals surface area contributed by atoms with Crippen LogP contribution in [0.4, 0.5) is 5.69 Å². The average molecular weight is 310 g/mol. The third-order valence-electron chi connectivity index (χ3n) is 4.62. The van der Waals surface area contributed by atoms with Gasteiger partial charge in [-0.15, -0.1) is 0 Å². The summed E-state index contributed by atoms with van der Waals surface area (Å²) in [6, 6.07) is 5.99. The maximum atomic E-state index is 12.1. The van der Waals surface area contributed by atoms with Gasteiger partial charge in [-0.1, -0.05) is 26.3 Å². The van der Waals surface area contributed by atoms with Gasteiger partial charge >= 0.3 is 0 Å². The first kappa shape index (κ1) is 16.3. The second-order valence-electron chi connectivity index (χ2n) is 6.24. The lowest BCUT2D eigenvalue weighted by molar-refractivity contribution is 0.268. The Bertz CT molecular complexity index is 588. The van der Waals surface area contributed by atoms with Gasteiger partial charge in [-0.3, -0.25) is 0 Å². The van der Waals surface area contributed by atoms with Crippen LogP contribution in [0.15, 0.2) is 23.1 Å². The van der Waals surface area contributed by atoms with Crippen LogP contribution in [0, 0.1) is 18.8 Å². The molecule has 2 N–H and O–H groups in total. The van der Waals surface area contributed by atoms with Crippen molar-refractivity contribution in [2.75, 3.05) is 12.4 Å². The molecule has 0 heterocycles. The van der Waals surface area contributed by atoms with E-state index in [0.717, 1.165) is 11.3 Å². The molecule has 0 radical (unpaired) electrons. The number of rotatable bonds is 4. The fourth-order valence-corrected chi connectivity index (χ4v) is 4.24. The lowest BCUT2D eigenvalue weighted by atomic mass is 9.78. The molecule has 118 valence electrons. The summed E-state index contributed by atoms with van der Waals surface area (Å²) in [5.41, 5.74) is 1.65. The van der Waals surface area contributed by atoms with Crippen LogP contribution in [0.1, 0.15) is 38.7 Å². The van der Waals surface area contributed by atoms with Crippen molar-refractivity contribution in [1.82, 2.24) is 4.72 Å². The molecule has 0 amide bonds. The molecular weight excluding hydrogens is 284 g/mol. The summed E-state index contributed by atoms with van der Waals surface area (Å²) < 4.78 is 26.5. The zero-order valence-electron chi connectivity index (χ0n) is 13.3. The second kappa shape index (κ2) is 6.36. The number of aryl methyl sites for hydroxylation is 1. The highest BCUT2D eigenvalue weighted by Gasteiger charge is 2.27. The normalized spacial score (nSPS) is 26.6. The molecule has 1 fully saturated rings. The van der Waals surface area contributed by atoms with Crippen LogP contribution in [0.5, 0.6) is 0 Å². The summed E-state index contributed by atoms with van der Waals surface area (Å²) in [4.78, 5) is 0.353. The molecule has 1 aliphatic rings. The summed E-state index contributed by atoms with van der Waals surface area (Å²) in [5.74, 6) is 1.22. The molecular formula is C16H26N2O2S. The number of nitrogens with one attached hydrogen (secondary N) is 2. The van der Waals surface area contributed by atoms with Crippen molar-refractivity contribution >= 4 is 15.7 Å². The Hall–Kier alpha value is -1.07. The van der Waals surface area contributed by atoms with E-state index in [4.69, 9.17) is 0 Å². The van der Waals surface area contributed by atoms with Crippen LogP contribution in [0.25, 0.3) is 0 Å². The zero-order valence-corrected chi connectivity index (χ0v) is 14.1. The third-order valence-corrected chi connectivity index (χ3v) is 6.18. The van der Waals surface area contributed by atoms with Gasteiger partial charge < -0.3 is 5.32 Å². The van der Waals surface area contributed by atoms with Gasteiger partial charge in [-0.2, -0.15) is 0 Å². The maximum Gasteiger partial charge on any atom is 0.240 e. The summed E-state index contributed by atoms with van der Waals surface area (Å²) >= 11 is 0. The number of anilines is 1. The topological polar surface area (TPSA) is 58.2 Å². The fraction of sp³-hybridized carbons (Fsp3) is 0.625. The molecule has 5 heteroatoms. The van der Waals surface area contributed by atoms with Crippen LogP contribution in [-0.2, 0) is 10.0 Å². The molecule has 2 atom stereocenters. The van der Waals surface area contributed by atoms with E-state index in [2.05, 4.69) is 23.9 Å². The van der Waals surface area contributed by atoms with Crippen molar-refractivity contribution in [3.63, 3.8) is 0 Å². The molecule has 0 saturated heterocycles. The van der Waals surface area contributed by atoms with E-state index < -0.39 is 10.0 Å². The largest absolute Gasteiger partial charge is 0.382 e. The van der Waals surface area contributed by atoms with Crippen LogP contribution in [-0.4, -0.2) is 21.5 Å². The third kappa shape index (κ3) is 3.58. The lowest BCUT2D eigenvalue weighted by Crippen LogP contribution is -2.37. The molecule has 0 aliphatic heterocycles. The van der Waals surface area contributed by atoms with Crippen molar-refractivity contribution < 1.29 is 8.42 Å². The first-order chi connectivity index (χ1) is 9.85. The molecule has 0 bridgehead atoms. The van der Waals surface area contributed by atoms with Crippen LogP contribution < -0.4 is 10.0 Å². The monoisotopic (exact) mass is 310 g/mol. The Labute approximate surface area is 128 Å². The molecule has 1 aromatic carbocycles. The van der Waals surface area contributed by atoms with Gasteiger partial charge in [0.25, 0.3) is 0 Å². The molecule has 21 heavy (non-hydrogen) atoms. The van der Waals surface area contributed by atoms with Crippen molar-refractivity contribution in [2.45, 2.75) is 51.0 Å². The highest BCUT2D eigenvalue weighted by atomic mass is 32.2. The lowest BCUT2D eigenvalue weighted by Gasteiger charge is -2.36. The van der Waals surface area contributed by atoms with Gasteiger partial charge in [0, 0.05) is 11.7 Å². The van der Waals surface area contributed by atoms with Gasteiger partial charge in [0.05, 0.1) is 4.90 Å². The Balaban J connectivity index is 2.27. The highest BCUT2D eigenvalue weighted by molar-refractivity contribution is 7.89. The molecule has 2 unspecified atom stereocenters. The van der Waals surface area contributed by atoms with E-state index in [1.807, 2.05) is 19.1 Å². The molecule has 1 aliphatic carbocycles. The predicted molar refractivity (Wildman–Crippen MR) is 87.0 cm³/mol. The fourth-order valence-electron chi connectivity index (χ4n) is 3.25. The molecule has 4 nitrogen and oxygen atoms in total. The summed E-state index contributed by atoms with van der Waals surface area (Å²) in [7, 11) is -1.96. The van der Waals surface area contributed by atoms with Gasteiger partial charge in [-0.05, 0) is 56.3 Å². The summed E-state index contributed by atoms with van der Waals surface area (Å²) in [5, 5.41) is 3.55. The van der Waals surface area contributed by atoms with Crippen LogP contribution >= 0.6 is 0 Å². The number of hydrogen-bond acceptors (Lipinski definition) is 3. The molecule has 0 aromatic heterocycles. The number of sulfonamides is 1. The zero-order chi connectivity index (χ0) is 15.6. The van der Waals surface area contributed by atoms with Gasteiger partial charge in [0.1, 0.15) is 0 Å². The SMILES string of the molecule is CNS(=O)(=O)c1cc(NC2C(C)CCCC2C)ccc1C. The average Bonchev–Trinajstić information content (AvgIpc) is 2.44. The van der Waals surface area contributed by atoms with E-state index in [1.54, 1.807) is 6.07 Å². The maximum absolute atomic E-state index is 12.1. The molecule has 1 aromatic rings.